The monoisotopic (exact) mass is 447 g/mol. The molecular weight excluding hydrogens is 427 g/mol. The largest absolute Gasteiger partial charge is 1.00 e. The van der Waals surface area contributed by atoms with Gasteiger partial charge in [0.1, 0.15) is 11.3 Å². The number of nitrogens with zero attached hydrogens (tertiary/aromatic N) is 3. The van der Waals surface area contributed by atoms with Gasteiger partial charge in [0, 0.05) is 41.5 Å². The van der Waals surface area contributed by atoms with E-state index in [0.29, 0.717) is 17.8 Å². The number of nitrogens with one attached hydrogen (secondary N) is 2. The molecule has 0 aliphatic carbocycles. The van der Waals surface area contributed by atoms with Gasteiger partial charge < -0.3 is 22.7 Å². The molecule has 31 heavy (non-hydrogen) atoms. The zero-order valence-electron chi connectivity index (χ0n) is 17.9. The fourth-order valence-corrected chi connectivity index (χ4v) is 4.28. The van der Waals surface area contributed by atoms with Gasteiger partial charge >= 0.3 is 7.60 Å². The number of H-pyrrole nitrogens is 1. The lowest BCUT2D eigenvalue weighted by atomic mass is 9.93. The lowest BCUT2D eigenvalue weighted by molar-refractivity contribution is -0.137. The van der Waals surface area contributed by atoms with Crippen LogP contribution in [0.3, 0.4) is 0 Å². The Morgan fingerprint density at radius 1 is 1.16 bits per heavy atom. The molecule has 5 nitrogen and oxygen atoms in total. The molecule has 0 amide bonds. The molecular formula is C22H21ClF3N5. The fraction of sp³-hybridized carbons (Fsp3) is 0.273. The number of rotatable bonds is 2. The van der Waals surface area contributed by atoms with Gasteiger partial charge in [-0.2, -0.15) is 18.3 Å². The molecule has 0 spiro atoms. The second-order valence-electron chi connectivity index (χ2n) is 7.64. The highest BCUT2D eigenvalue weighted by molar-refractivity contribution is 6.00. The SMILES string of the molecule is Cc1c[nH]c2nccc(-c3c(-c4ccc(C(F)(F)F)cc4)nn4c3C(C)NCC4)c12.[Cl-].[H+]. The van der Waals surface area contributed by atoms with E-state index in [2.05, 4.69) is 22.2 Å². The maximum atomic E-state index is 13.0. The summed E-state index contributed by atoms with van der Waals surface area (Å²) in [6.07, 6.45) is -0.710. The number of aromatic nitrogens is 4. The molecule has 0 radical (unpaired) electrons. The molecule has 2 N–H and O–H groups in total. The van der Waals surface area contributed by atoms with Crippen LogP contribution in [-0.4, -0.2) is 26.3 Å². The van der Waals surface area contributed by atoms with Gasteiger partial charge in [-0.15, -0.1) is 0 Å². The highest BCUT2D eigenvalue weighted by Gasteiger charge is 2.31. The summed E-state index contributed by atoms with van der Waals surface area (Å²) in [6.45, 7) is 5.58. The summed E-state index contributed by atoms with van der Waals surface area (Å²) in [4.78, 5) is 7.61. The number of pyridine rings is 1. The third-order valence-electron chi connectivity index (χ3n) is 5.70. The topological polar surface area (TPSA) is 58.5 Å². The lowest BCUT2D eigenvalue weighted by Crippen LogP contribution is -3.00. The quantitative estimate of drug-likeness (QED) is 0.495. The number of hydrogen-bond acceptors (Lipinski definition) is 3. The summed E-state index contributed by atoms with van der Waals surface area (Å²) in [6, 6.07) is 7.25. The lowest BCUT2D eigenvalue weighted by Gasteiger charge is -2.23. The molecule has 162 valence electrons. The van der Waals surface area contributed by atoms with E-state index in [-0.39, 0.29) is 19.9 Å². The molecule has 0 saturated carbocycles. The van der Waals surface area contributed by atoms with Crippen molar-refractivity contribution in [3.05, 3.63) is 59.5 Å². The van der Waals surface area contributed by atoms with E-state index in [4.69, 9.17) is 5.10 Å². The Hall–Kier alpha value is -2.84. The molecule has 1 atom stereocenters. The predicted molar refractivity (Wildman–Crippen MR) is 110 cm³/mol. The van der Waals surface area contributed by atoms with Crippen LogP contribution in [0.25, 0.3) is 33.4 Å². The smallest absolute Gasteiger partial charge is 1.00 e. The van der Waals surface area contributed by atoms with Crippen molar-refractivity contribution in [2.75, 3.05) is 6.54 Å². The predicted octanol–water partition coefficient (Wildman–Crippen LogP) is 2.20. The van der Waals surface area contributed by atoms with Crippen molar-refractivity contribution in [1.82, 2.24) is 25.1 Å². The van der Waals surface area contributed by atoms with Crippen LogP contribution in [0.15, 0.2) is 42.7 Å². The first-order chi connectivity index (χ1) is 14.3. The zero-order chi connectivity index (χ0) is 21.0. The van der Waals surface area contributed by atoms with E-state index in [0.717, 1.165) is 52.1 Å². The number of aromatic amines is 1. The van der Waals surface area contributed by atoms with E-state index in [9.17, 15) is 13.2 Å². The normalized spacial score (nSPS) is 16.2. The Kier molecular flexibility index (Phi) is 5.31. The fourth-order valence-electron chi connectivity index (χ4n) is 4.28. The molecule has 4 aromatic rings. The van der Waals surface area contributed by atoms with E-state index in [1.165, 1.54) is 12.1 Å². The number of fused-ring (bicyclic) bond motifs is 2. The van der Waals surface area contributed by atoms with Gasteiger partial charge in [-0.05, 0) is 43.2 Å². The van der Waals surface area contributed by atoms with Crippen LogP contribution in [0.4, 0.5) is 13.2 Å². The Morgan fingerprint density at radius 2 is 1.90 bits per heavy atom. The van der Waals surface area contributed by atoms with Crippen LogP contribution < -0.4 is 17.7 Å². The van der Waals surface area contributed by atoms with Gasteiger partial charge in [0.2, 0.25) is 0 Å². The van der Waals surface area contributed by atoms with E-state index >= 15 is 0 Å². The van der Waals surface area contributed by atoms with Crippen molar-refractivity contribution in [1.29, 1.82) is 0 Å². The van der Waals surface area contributed by atoms with Crippen molar-refractivity contribution >= 4 is 11.0 Å². The van der Waals surface area contributed by atoms with E-state index in [1.807, 2.05) is 23.9 Å². The first-order valence-electron chi connectivity index (χ1n) is 9.79. The average Bonchev–Trinajstić information content (AvgIpc) is 3.29. The summed E-state index contributed by atoms with van der Waals surface area (Å²) < 4.78 is 41.1. The molecule has 1 aliphatic heterocycles. The van der Waals surface area contributed by atoms with Gasteiger partial charge in [-0.25, -0.2) is 4.98 Å². The number of aryl methyl sites for hydroxylation is 1. The summed E-state index contributed by atoms with van der Waals surface area (Å²) in [5, 5.41) is 9.29. The summed E-state index contributed by atoms with van der Waals surface area (Å²) in [5.74, 6) is 0. The molecule has 1 aromatic carbocycles. The van der Waals surface area contributed by atoms with Crippen LogP contribution in [0.2, 0.25) is 0 Å². The second kappa shape index (κ2) is 7.69. The van der Waals surface area contributed by atoms with Crippen molar-refractivity contribution in [3.63, 3.8) is 0 Å². The number of halogens is 4. The van der Waals surface area contributed by atoms with Crippen LogP contribution in [0.5, 0.6) is 0 Å². The Labute approximate surface area is 184 Å². The van der Waals surface area contributed by atoms with Crippen molar-refractivity contribution in [3.8, 4) is 22.4 Å². The molecule has 0 saturated heterocycles. The average molecular weight is 448 g/mol. The van der Waals surface area contributed by atoms with E-state index < -0.39 is 11.7 Å². The second-order valence-corrected chi connectivity index (χ2v) is 7.64. The molecule has 0 bridgehead atoms. The number of alkyl halides is 3. The Bertz CT molecular complexity index is 1250. The standard InChI is InChI=1S/C22H20F3N5.ClH/c1-12-11-28-21-17(12)16(7-8-27-21)18-19(29-30-10-9-26-13(2)20(18)30)14-3-5-15(6-4-14)22(23,24)25;/h3-8,11,13,26H,9-10H2,1-2H3,(H,27,28);1H. The van der Waals surface area contributed by atoms with Crippen LogP contribution in [0, 0.1) is 6.92 Å². The maximum Gasteiger partial charge on any atom is 1.00 e. The van der Waals surface area contributed by atoms with Crippen molar-refractivity contribution < 1.29 is 27.0 Å². The Balaban J connectivity index is 0.00000144. The molecule has 0 fully saturated rings. The van der Waals surface area contributed by atoms with Crippen LogP contribution in [-0.2, 0) is 12.7 Å². The van der Waals surface area contributed by atoms with Crippen LogP contribution in [0.1, 0.15) is 31.2 Å². The van der Waals surface area contributed by atoms with Crippen molar-refractivity contribution in [2.24, 2.45) is 0 Å². The minimum absolute atomic E-state index is 0. The number of benzene rings is 1. The van der Waals surface area contributed by atoms with Gasteiger partial charge in [0.15, 0.2) is 0 Å². The molecule has 9 heteroatoms. The molecule has 3 aromatic heterocycles. The molecule has 4 heterocycles. The van der Waals surface area contributed by atoms with Gasteiger partial charge in [0.25, 0.3) is 0 Å². The Morgan fingerprint density at radius 3 is 2.61 bits per heavy atom. The first-order valence-corrected chi connectivity index (χ1v) is 9.79. The van der Waals surface area contributed by atoms with Gasteiger partial charge in [-0.3, -0.25) is 4.68 Å². The number of hydrogen-bond donors (Lipinski definition) is 2. The van der Waals surface area contributed by atoms with Gasteiger partial charge in [0.05, 0.1) is 17.8 Å². The van der Waals surface area contributed by atoms with Crippen molar-refractivity contribution in [2.45, 2.75) is 32.6 Å². The highest BCUT2D eigenvalue weighted by Crippen LogP contribution is 2.42. The minimum Gasteiger partial charge on any atom is -1.00 e. The first kappa shape index (κ1) is 21.4. The summed E-state index contributed by atoms with van der Waals surface area (Å²) >= 11 is 0. The third kappa shape index (κ3) is 3.49. The molecule has 5 rings (SSSR count). The third-order valence-corrected chi connectivity index (χ3v) is 5.70. The summed E-state index contributed by atoms with van der Waals surface area (Å²) in [5.41, 5.74) is 5.45. The molecule has 1 aliphatic rings. The highest BCUT2D eigenvalue weighted by atomic mass is 35.5. The summed E-state index contributed by atoms with van der Waals surface area (Å²) in [7, 11) is 0. The van der Waals surface area contributed by atoms with Gasteiger partial charge in [-0.1, -0.05) is 12.1 Å². The maximum absolute atomic E-state index is 13.0. The van der Waals surface area contributed by atoms with E-state index in [1.54, 1.807) is 6.20 Å². The molecule has 1 unspecified atom stereocenters. The minimum atomic E-state index is -4.37. The zero-order valence-corrected chi connectivity index (χ0v) is 17.6. The van der Waals surface area contributed by atoms with Crippen LogP contribution >= 0.6 is 0 Å².